The topological polar surface area (TPSA) is 82.4 Å². The largest absolute Gasteiger partial charge is 0.488 e. The van der Waals surface area contributed by atoms with Crippen LogP contribution in [0.1, 0.15) is 69.4 Å². The highest BCUT2D eigenvalue weighted by Crippen LogP contribution is 2.57. The molecule has 5 aromatic rings. The Hall–Kier alpha value is -5.44. The maximum Gasteiger partial charge on any atom is 0.411 e. The summed E-state index contributed by atoms with van der Waals surface area (Å²) >= 11 is 0. The van der Waals surface area contributed by atoms with Crippen molar-refractivity contribution in [2.45, 2.75) is 95.4 Å². The molecule has 4 aromatic carbocycles. The fourth-order valence-electron chi connectivity index (χ4n) is 7.22. The SMILES string of the molecule is CC(C)(C)Oc1ccc(C(c2ccc(Oc3c(F)c(F)c(-c4nnc(-c5c(F)c(F)c(C(C)(C)C)c(F)c5F)o4)c(F)c3F)c(CC3CO3)c2)(C(F)(F)F)C(F)(F)F)cc1CC1CO1. The zero-order valence-electron chi connectivity index (χ0n) is 34.2. The van der Waals surface area contributed by atoms with Gasteiger partial charge in [-0.15, -0.1) is 10.2 Å². The molecule has 2 fully saturated rings. The van der Waals surface area contributed by atoms with Crippen molar-refractivity contribution in [1.82, 2.24) is 10.2 Å². The molecule has 0 radical (unpaired) electrons. The predicted octanol–water partition coefficient (Wildman–Crippen LogP) is 12.1. The van der Waals surface area contributed by atoms with E-state index < -0.39 is 151 Å². The van der Waals surface area contributed by atoms with E-state index in [1.807, 2.05) is 0 Å². The Balaban J connectivity index is 1.31. The van der Waals surface area contributed by atoms with Crippen molar-refractivity contribution in [3.8, 4) is 40.2 Å². The van der Waals surface area contributed by atoms with Gasteiger partial charge >= 0.3 is 12.4 Å². The van der Waals surface area contributed by atoms with Crippen molar-refractivity contribution in [2.24, 2.45) is 0 Å². The maximum absolute atomic E-state index is 15.7. The van der Waals surface area contributed by atoms with E-state index in [2.05, 4.69) is 10.2 Å². The lowest BCUT2D eigenvalue weighted by Gasteiger charge is -2.39. The highest BCUT2D eigenvalue weighted by atomic mass is 19.4. The number of nitrogens with zero attached hydrogens (tertiary/aromatic N) is 2. The minimum absolute atomic E-state index is 0.00820. The Morgan fingerprint density at radius 3 is 1.33 bits per heavy atom. The first-order valence-corrected chi connectivity index (χ1v) is 19.1. The lowest BCUT2D eigenvalue weighted by atomic mass is 9.71. The van der Waals surface area contributed by atoms with E-state index in [0.29, 0.717) is 30.3 Å². The van der Waals surface area contributed by atoms with E-state index in [-0.39, 0.29) is 30.9 Å². The molecular weight excluding hydrogens is 890 g/mol. The molecule has 0 N–H and O–H groups in total. The molecule has 3 heterocycles. The number of alkyl halides is 6. The Kier molecular flexibility index (Phi) is 11.6. The van der Waals surface area contributed by atoms with Crippen molar-refractivity contribution in [3.05, 3.63) is 111 Å². The fourth-order valence-corrected chi connectivity index (χ4v) is 7.22. The average Bonchev–Trinajstić information content (AvgIpc) is 4.11. The first kappa shape index (κ1) is 46.5. The highest BCUT2D eigenvalue weighted by Gasteiger charge is 2.72. The third kappa shape index (κ3) is 8.35. The molecule has 0 saturated carbocycles. The summed E-state index contributed by atoms with van der Waals surface area (Å²) in [6, 6.07) is 3.56. The van der Waals surface area contributed by atoms with Crippen molar-refractivity contribution < 1.29 is 84.8 Å². The zero-order chi connectivity index (χ0) is 47.2. The van der Waals surface area contributed by atoms with Crippen LogP contribution >= 0.6 is 0 Å². The summed E-state index contributed by atoms with van der Waals surface area (Å²) in [5.41, 5.74) is -14.9. The summed E-state index contributed by atoms with van der Waals surface area (Å²) < 4.78 is 241. The van der Waals surface area contributed by atoms with Crippen LogP contribution in [0.15, 0.2) is 40.8 Å². The van der Waals surface area contributed by atoms with Crippen molar-refractivity contribution >= 4 is 0 Å². The minimum Gasteiger partial charge on any atom is -0.488 e. The van der Waals surface area contributed by atoms with Crippen molar-refractivity contribution in [1.29, 1.82) is 0 Å². The normalized spacial score (nSPS) is 16.9. The minimum atomic E-state index is -6.11. The second-order valence-corrected chi connectivity index (χ2v) is 17.2. The number of ether oxygens (including phenoxy) is 4. The third-order valence-corrected chi connectivity index (χ3v) is 10.3. The molecular formula is C43H34F14N2O5. The average molecular weight is 925 g/mol. The van der Waals surface area contributed by atoms with Gasteiger partial charge in [0, 0.05) is 18.4 Å². The standard InChI is InChI=1S/C43H34F14N2O5/c1-39(2,3)27-32(48)28(44)25(29(45)33(27)49)37-58-59-38(63-37)26-30(46)34(50)36(35(51)31(26)47)62-23-9-7-19(11-17(23)13-21-15-60-21)41(42(52,53)54,43(55,56)57)20-8-10-24(64-40(4,5)6)18(12-20)14-22-16-61-22/h7-12,21-22H,13-16H2,1-6H3. The van der Waals surface area contributed by atoms with Crippen LogP contribution in [0.5, 0.6) is 17.2 Å². The molecule has 64 heavy (non-hydrogen) atoms. The second kappa shape index (κ2) is 15.9. The molecule has 2 aliphatic heterocycles. The van der Waals surface area contributed by atoms with Gasteiger partial charge in [-0.2, -0.15) is 35.1 Å². The van der Waals surface area contributed by atoms with E-state index in [9.17, 15) is 8.78 Å². The first-order valence-electron chi connectivity index (χ1n) is 19.1. The third-order valence-electron chi connectivity index (χ3n) is 10.3. The monoisotopic (exact) mass is 924 g/mol. The van der Waals surface area contributed by atoms with Crippen LogP contribution in [0.3, 0.4) is 0 Å². The molecule has 7 rings (SSSR count). The van der Waals surface area contributed by atoms with Gasteiger partial charge in [0.1, 0.15) is 28.2 Å². The summed E-state index contributed by atoms with van der Waals surface area (Å²) in [4.78, 5) is 0. The highest BCUT2D eigenvalue weighted by molar-refractivity contribution is 5.63. The zero-order valence-corrected chi connectivity index (χ0v) is 34.2. The van der Waals surface area contributed by atoms with E-state index in [0.717, 1.165) is 6.07 Å². The quantitative estimate of drug-likeness (QED) is 0.0741. The molecule has 0 amide bonds. The Morgan fingerprint density at radius 1 is 0.562 bits per heavy atom. The lowest BCUT2D eigenvalue weighted by Crippen LogP contribution is -2.54. The number of hydrogen-bond donors (Lipinski definition) is 0. The number of epoxide rings is 2. The lowest BCUT2D eigenvalue weighted by molar-refractivity contribution is -0.288. The summed E-state index contributed by atoms with van der Waals surface area (Å²) in [7, 11) is 0. The fraction of sp³-hybridized carbons (Fsp3) is 0.395. The number of rotatable bonds is 11. The van der Waals surface area contributed by atoms with Crippen LogP contribution in [0.25, 0.3) is 22.9 Å². The number of aromatic nitrogens is 2. The summed E-state index contributed by atoms with van der Waals surface area (Å²) in [6.45, 7) is 8.71. The van der Waals surface area contributed by atoms with Gasteiger partial charge in [-0.25, -0.2) is 26.3 Å². The van der Waals surface area contributed by atoms with Gasteiger partial charge in [-0.1, -0.05) is 45.0 Å². The van der Waals surface area contributed by atoms with Crippen LogP contribution in [-0.2, 0) is 33.1 Å². The second-order valence-electron chi connectivity index (χ2n) is 17.2. The van der Waals surface area contributed by atoms with Gasteiger partial charge < -0.3 is 23.4 Å². The summed E-state index contributed by atoms with van der Waals surface area (Å²) in [6.07, 6.45) is -14.2. The van der Waals surface area contributed by atoms with Crippen LogP contribution < -0.4 is 9.47 Å². The Labute approximate surface area is 354 Å². The Bertz CT molecular complexity index is 2570. The van der Waals surface area contributed by atoms with Crippen LogP contribution in [0.2, 0.25) is 0 Å². The number of benzene rings is 4. The summed E-state index contributed by atoms with van der Waals surface area (Å²) in [5, 5.41) is 6.26. The van der Waals surface area contributed by atoms with Gasteiger partial charge in [-0.05, 0) is 60.6 Å². The molecule has 0 aliphatic carbocycles. The maximum atomic E-state index is 15.7. The van der Waals surface area contributed by atoms with E-state index in [1.54, 1.807) is 20.8 Å². The summed E-state index contributed by atoms with van der Waals surface area (Å²) in [5.74, 6) is -22.9. The van der Waals surface area contributed by atoms with Crippen molar-refractivity contribution in [3.63, 3.8) is 0 Å². The molecule has 2 saturated heterocycles. The Morgan fingerprint density at radius 2 is 0.953 bits per heavy atom. The first-order chi connectivity index (χ1) is 29.6. The van der Waals surface area contributed by atoms with E-state index in [1.165, 1.54) is 20.8 Å². The molecule has 21 heteroatoms. The molecule has 344 valence electrons. The number of hydrogen-bond acceptors (Lipinski definition) is 7. The van der Waals surface area contributed by atoms with Crippen molar-refractivity contribution in [2.75, 3.05) is 13.2 Å². The van der Waals surface area contributed by atoms with E-state index >= 15 is 52.7 Å². The predicted molar refractivity (Wildman–Crippen MR) is 197 cm³/mol. The molecule has 1 aromatic heterocycles. The molecule has 2 atom stereocenters. The number of halogens is 14. The van der Waals surface area contributed by atoms with Gasteiger partial charge in [0.05, 0.1) is 25.4 Å². The molecule has 0 spiro atoms. The molecule has 7 nitrogen and oxygen atoms in total. The van der Waals surface area contributed by atoms with Gasteiger partial charge in [0.2, 0.25) is 22.8 Å². The van der Waals surface area contributed by atoms with Gasteiger partial charge in [0.25, 0.3) is 11.8 Å². The van der Waals surface area contributed by atoms with E-state index in [4.69, 9.17) is 23.4 Å². The molecule has 2 aliphatic rings. The molecule has 2 unspecified atom stereocenters. The van der Waals surface area contributed by atoms with Gasteiger partial charge in [-0.3, -0.25) is 0 Å². The van der Waals surface area contributed by atoms with Crippen LogP contribution in [0.4, 0.5) is 61.5 Å². The van der Waals surface area contributed by atoms with Gasteiger partial charge in [0.15, 0.2) is 34.9 Å². The smallest absolute Gasteiger partial charge is 0.411 e. The van der Waals surface area contributed by atoms with Crippen LogP contribution in [0, 0.1) is 46.5 Å². The van der Waals surface area contributed by atoms with Crippen LogP contribution in [-0.4, -0.2) is 53.6 Å². The molecule has 0 bridgehead atoms.